The number of allylic oxidation sites excluding steroid dienone is 2. The van der Waals surface area contributed by atoms with Crippen molar-refractivity contribution in [2.75, 3.05) is 4.90 Å². The first-order valence-electron chi connectivity index (χ1n) is 7.45. The van der Waals surface area contributed by atoms with Crippen LogP contribution in [0.1, 0.15) is 12.8 Å². The van der Waals surface area contributed by atoms with Crippen molar-refractivity contribution in [1.82, 2.24) is 0 Å². The number of carbonyl (C=O) groups excluding carboxylic acids is 2. The second-order valence-electron chi connectivity index (χ2n) is 6.71. The van der Waals surface area contributed by atoms with Gasteiger partial charge in [0.2, 0.25) is 11.8 Å². The Morgan fingerprint density at radius 3 is 1.95 bits per heavy atom. The molecule has 4 aliphatic rings. The van der Waals surface area contributed by atoms with E-state index in [4.69, 9.17) is 0 Å². The van der Waals surface area contributed by atoms with Crippen LogP contribution in [0.15, 0.2) is 36.4 Å². The number of rotatable bonds is 1. The molecular weight excluding hydrogens is 377 g/mol. The van der Waals surface area contributed by atoms with E-state index < -0.39 is 0 Å². The minimum absolute atomic E-state index is 0.0225. The summed E-state index contributed by atoms with van der Waals surface area (Å²) in [6.07, 6.45) is 6.79. The van der Waals surface area contributed by atoms with Crippen LogP contribution in [0.25, 0.3) is 0 Å². The Labute approximate surface area is 136 Å². The van der Waals surface area contributed by atoms with Crippen LogP contribution in [0, 0.1) is 32.7 Å². The molecule has 2 amide bonds. The lowest BCUT2D eigenvalue weighted by molar-refractivity contribution is -0.123. The number of amides is 2. The summed E-state index contributed by atoms with van der Waals surface area (Å²) in [5, 5.41) is 0. The Hall–Kier alpha value is -1.17. The Balaban J connectivity index is 1.57. The number of carbonyl (C=O) groups is 2. The fraction of sp³-hybridized carbons (Fsp3) is 0.412. The molecular formula is C17H14INO2. The maximum Gasteiger partial charge on any atom is 0.238 e. The van der Waals surface area contributed by atoms with Crippen LogP contribution in [-0.2, 0) is 9.59 Å². The van der Waals surface area contributed by atoms with Crippen LogP contribution >= 0.6 is 22.6 Å². The van der Waals surface area contributed by atoms with Crippen molar-refractivity contribution in [3.63, 3.8) is 0 Å². The molecule has 1 aliphatic heterocycles. The summed E-state index contributed by atoms with van der Waals surface area (Å²) in [7, 11) is 0. The van der Waals surface area contributed by atoms with E-state index in [1.807, 2.05) is 24.3 Å². The second-order valence-corrected chi connectivity index (χ2v) is 7.96. The van der Waals surface area contributed by atoms with Crippen molar-refractivity contribution in [3.8, 4) is 0 Å². The Bertz CT molecular complexity index is 670. The van der Waals surface area contributed by atoms with Crippen molar-refractivity contribution >= 4 is 40.1 Å². The van der Waals surface area contributed by atoms with Crippen molar-refractivity contribution in [3.05, 3.63) is 40.0 Å². The number of hydrogen-bond acceptors (Lipinski definition) is 2. The van der Waals surface area contributed by atoms with Gasteiger partial charge in [0, 0.05) is 3.57 Å². The van der Waals surface area contributed by atoms with Crippen LogP contribution in [0.5, 0.6) is 0 Å². The smallest absolute Gasteiger partial charge is 0.238 e. The highest BCUT2D eigenvalue weighted by Crippen LogP contribution is 2.73. The molecule has 4 atom stereocenters. The molecule has 0 aromatic heterocycles. The summed E-state index contributed by atoms with van der Waals surface area (Å²) < 4.78 is 1.11. The maximum atomic E-state index is 12.9. The summed E-state index contributed by atoms with van der Waals surface area (Å²) in [5.41, 5.74) is 1.00. The topological polar surface area (TPSA) is 37.4 Å². The zero-order valence-electron chi connectivity index (χ0n) is 11.3. The van der Waals surface area contributed by atoms with E-state index in [-0.39, 0.29) is 29.1 Å². The molecule has 1 aromatic rings. The predicted octanol–water partition coefficient (Wildman–Crippen LogP) is 2.99. The summed E-state index contributed by atoms with van der Waals surface area (Å²) in [6, 6.07) is 7.64. The molecule has 3 fully saturated rings. The molecule has 2 saturated carbocycles. The Kier molecular flexibility index (Phi) is 2.22. The number of fused-ring (bicyclic) bond motifs is 3. The molecule has 0 N–H and O–H groups in total. The average Bonchev–Trinajstić information content (AvgIpc) is 3.07. The summed E-state index contributed by atoms with van der Waals surface area (Å²) >= 11 is 2.23. The first-order valence-corrected chi connectivity index (χ1v) is 8.53. The van der Waals surface area contributed by atoms with Crippen molar-refractivity contribution in [1.29, 1.82) is 0 Å². The summed E-state index contributed by atoms with van der Waals surface area (Å²) in [5.74, 6) is 0.447. The molecule has 106 valence electrons. The lowest BCUT2D eigenvalue weighted by Crippen LogP contribution is -2.34. The van der Waals surface area contributed by atoms with E-state index >= 15 is 0 Å². The van der Waals surface area contributed by atoms with Crippen molar-refractivity contribution in [2.24, 2.45) is 29.1 Å². The maximum absolute atomic E-state index is 12.9. The number of hydrogen-bond donors (Lipinski definition) is 0. The van der Waals surface area contributed by atoms with Crippen LogP contribution < -0.4 is 4.90 Å². The number of nitrogens with zero attached hydrogens (tertiary/aromatic N) is 1. The van der Waals surface area contributed by atoms with Crippen LogP contribution in [-0.4, -0.2) is 11.8 Å². The second kappa shape index (κ2) is 3.77. The fourth-order valence-corrected chi connectivity index (χ4v) is 5.28. The first kappa shape index (κ1) is 12.4. The zero-order chi connectivity index (χ0) is 14.4. The SMILES string of the molecule is O=C1[C@@H]2[C@H](C(=O)N1c1ccc(I)cc1)[C@@H]1C=C[C@@H]2C12CC2. The van der Waals surface area contributed by atoms with Gasteiger partial charge in [-0.2, -0.15) is 0 Å². The van der Waals surface area contributed by atoms with Crippen molar-refractivity contribution < 1.29 is 9.59 Å². The van der Waals surface area contributed by atoms with E-state index in [2.05, 4.69) is 34.7 Å². The molecule has 3 nitrogen and oxygen atoms in total. The monoisotopic (exact) mass is 391 g/mol. The molecule has 1 aromatic carbocycles. The molecule has 0 radical (unpaired) electrons. The summed E-state index contributed by atoms with van der Waals surface area (Å²) in [4.78, 5) is 27.2. The Morgan fingerprint density at radius 1 is 0.952 bits per heavy atom. The largest absolute Gasteiger partial charge is 0.274 e. The molecule has 0 unspecified atom stereocenters. The van der Waals surface area contributed by atoms with Gasteiger partial charge in [-0.15, -0.1) is 0 Å². The number of anilines is 1. The third-order valence-electron chi connectivity index (χ3n) is 5.94. The zero-order valence-corrected chi connectivity index (χ0v) is 13.5. The highest BCUT2D eigenvalue weighted by Gasteiger charge is 2.73. The molecule has 5 rings (SSSR count). The predicted molar refractivity (Wildman–Crippen MR) is 86.4 cm³/mol. The minimum atomic E-state index is -0.103. The molecule has 2 bridgehead atoms. The van der Waals surface area contributed by atoms with Gasteiger partial charge < -0.3 is 0 Å². The van der Waals surface area contributed by atoms with Gasteiger partial charge in [0.25, 0.3) is 0 Å². The minimum Gasteiger partial charge on any atom is -0.274 e. The van der Waals surface area contributed by atoms with Gasteiger partial charge in [-0.25, -0.2) is 0 Å². The van der Waals surface area contributed by atoms with E-state index in [1.165, 1.54) is 17.7 Å². The van der Waals surface area contributed by atoms with Crippen LogP contribution in [0.3, 0.4) is 0 Å². The van der Waals surface area contributed by atoms with Gasteiger partial charge in [-0.1, -0.05) is 12.2 Å². The van der Waals surface area contributed by atoms with Crippen molar-refractivity contribution in [2.45, 2.75) is 12.8 Å². The number of benzene rings is 1. The lowest BCUT2D eigenvalue weighted by Gasteiger charge is -2.21. The number of imide groups is 1. The lowest BCUT2D eigenvalue weighted by atomic mass is 9.85. The van der Waals surface area contributed by atoms with Crippen LogP contribution in [0.4, 0.5) is 5.69 Å². The molecule has 4 heteroatoms. The average molecular weight is 391 g/mol. The van der Waals surface area contributed by atoms with Gasteiger partial charge in [-0.3, -0.25) is 14.5 Å². The standard InChI is InChI=1S/C17H14INO2/c18-9-1-3-10(4-2-9)19-15(20)13-11-5-6-12(14(13)16(19)21)17(11)7-8-17/h1-6,11-14H,7-8H2/t11-,12-,13-,14+/m0/s1. The van der Waals surface area contributed by atoms with E-state index in [9.17, 15) is 9.59 Å². The normalized spacial score (nSPS) is 37.7. The highest BCUT2D eigenvalue weighted by atomic mass is 127. The van der Waals surface area contributed by atoms with E-state index in [0.29, 0.717) is 11.8 Å². The van der Waals surface area contributed by atoms with Gasteiger partial charge in [-0.05, 0) is 76.9 Å². The quantitative estimate of drug-likeness (QED) is 0.420. The number of halogens is 1. The van der Waals surface area contributed by atoms with Crippen LogP contribution in [0.2, 0.25) is 0 Å². The molecule has 1 saturated heterocycles. The third-order valence-corrected chi connectivity index (χ3v) is 6.66. The molecule has 1 spiro atoms. The molecule has 1 heterocycles. The van der Waals surface area contributed by atoms with Gasteiger partial charge in [0.05, 0.1) is 17.5 Å². The Morgan fingerprint density at radius 2 is 1.48 bits per heavy atom. The molecule has 3 aliphatic carbocycles. The first-order chi connectivity index (χ1) is 10.1. The van der Waals surface area contributed by atoms with Gasteiger partial charge in [0.1, 0.15) is 0 Å². The highest BCUT2D eigenvalue weighted by molar-refractivity contribution is 14.1. The third kappa shape index (κ3) is 1.35. The van der Waals surface area contributed by atoms with E-state index in [1.54, 1.807) is 0 Å². The van der Waals surface area contributed by atoms with Gasteiger partial charge >= 0.3 is 0 Å². The molecule has 21 heavy (non-hydrogen) atoms. The summed E-state index contributed by atoms with van der Waals surface area (Å²) in [6.45, 7) is 0. The fourth-order valence-electron chi connectivity index (χ4n) is 4.92. The van der Waals surface area contributed by atoms with Gasteiger partial charge in [0.15, 0.2) is 0 Å². The van der Waals surface area contributed by atoms with E-state index in [0.717, 1.165) is 9.26 Å².